The summed E-state index contributed by atoms with van der Waals surface area (Å²) in [6.07, 6.45) is 2.83. The van der Waals surface area contributed by atoms with Crippen molar-refractivity contribution in [3.8, 4) is 34.9 Å². The van der Waals surface area contributed by atoms with Crippen molar-refractivity contribution in [1.82, 2.24) is 14.9 Å². The molecular weight excluding hydrogens is 454 g/mol. The van der Waals surface area contributed by atoms with E-state index in [1.807, 2.05) is 24.1 Å². The van der Waals surface area contributed by atoms with Crippen LogP contribution in [0.5, 0.6) is 11.5 Å². The first-order valence-corrected chi connectivity index (χ1v) is 9.83. The first-order chi connectivity index (χ1) is 15.7. The summed E-state index contributed by atoms with van der Waals surface area (Å²) in [5.41, 5.74) is 2.26. The number of aliphatic imine (C=N–C) groups is 1. The fourth-order valence-electron chi connectivity index (χ4n) is 2.91. The van der Waals surface area contributed by atoms with Crippen LogP contribution < -0.4 is 9.47 Å². The molecule has 0 fully saturated rings. The molecule has 3 heterocycles. The van der Waals surface area contributed by atoms with Gasteiger partial charge >= 0.3 is 6.29 Å². The van der Waals surface area contributed by atoms with Crippen molar-refractivity contribution in [3.63, 3.8) is 0 Å². The number of para-hydroxylation sites is 1. The molecule has 1 aromatic carbocycles. The predicted octanol–water partition coefficient (Wildman–Crippen LogP) is 4.94. The zero-order valence-electron chi connectivity index (χ0n) is 17.5. The van der Waals surface area contributed by atoms with Crippen LogP contribution in [0.25, 0.3) is 11.1 Å². The van der Waals surface area contributed by atoms with Crippen molar-refractivity contribution < 1.29 is 18.3 Å². The number of hydrogen-bond donors (Lipinski definition) is 1. The first-order valence-electron chi connectivity index (χ1n) is 9.45. The normalized spacial score (nSPS) is 13.4. The molecule has 1 aliphatic heterocycles. The van der Waals surface area contributed by atoms with Crippen molar-refractivity contribution in [2.75, 3.05) is 7.05 Å². The van der Waals surface area contributed by atoms with Gasteiger partial charge in [0.2, 0.25) is 6.19 Å². The van der Waals surface area contributed by atoms with Crippen LogP contribution in [0, 0.1) is 22.8 Å². The van der Waals surface area contributed by atoms with Gasteiger partial charge in [-0.1, -0.05) is 29.8 Å². The molecule has 0 atom stereocenters. The van der Waals surface area contributed by atoms with E-state index in [4.69, 9.17) is 22.1 Å². The molecule has 0 saturated heterocycles. The van der Waals surface area contributed by atoms with E-state index in [1.165, 1.54) is 12.3 Å². The number of hydrogen-bond acceptors (Lipinski definition) is 6. The minimum absolute atomic E-state index is 0.0393. The van der Waals surface area contributed by atoms with Crippen LogP contribution in [-0.4, -0.2) is 34.0 Å². The van der Waals surface area contributed by atoms with Crippen LogP contribution in [0.4, 0.5) is 8.78 Å². The summed E-state index contributed by atoms with van der Waals surface area (Å²) in [6, 6.07) is 10.1. The van der Waals surface area contributed by atoms with Gasteiger partial charge in [0, 0.05) is 43.3 Å². The molecule has 2 aromatic heterocycles. The lowest BCUT2D eigenvalue weighted by Crippen LogP contribution is -2.26. The maximum absolute atomic E-state index is 13.0. The Labute approximate surface area is 193 Å². The Kier molecular flexibility index (Phi) is 7.11. The Balaban J connectivity index is 0.000000190. The molecular formula is C22H17ClF2N6O2. The molecule has 0 unspecified atom stereocenters. The van der Waals surface area contributed by atoms with E-state index < -0.39 is 6.29 Å². The summed E-state index contributed by atoms with van der Waals surface area (Å²) in [5, 5.41) is 17.8. The molecule has 0 spiro atoms. The molecule has 0 amide bonds. The van der Waals surface area contributed by atoms with Crippen molar-refractivity contribution in [3.05, 3.63) is 65.2 Å². The third-order valence-corrected chi connectivity index (χ3v) is 4.78. The number of amidine groups is 1. The number of benzene rings is 1. The maximum Gasteiger partial charge on any atom is 0.586 e. The molecule has 0 bridgehead atoms. The Bertz CT molecular complexity index is 1250. The number of halogens is 3. The van der Waals surface area contributed by atoms with E-state index in [0.29, 0.717) is 34.2 Å². The largest absolute Gasteiger partial charge is 0.586 e. The number of aromatic nitrogens is 2. The molecule has 33 heavy (non-hydrogen) atoms. The molecule has 0 saturated carbocycles. The van der Waals surface area contributed by atoms with Crippen LogP contribution in [0.3, 0.4) is 0 Å². The van der Waals surface area contributed by atoms with E-state index >= 15 is 0 Å². The summed E-state index contributed by atoms with van der Waals surface area (Å²) in [4.78, 5) is 12.2. The van der Waals surface area contributed by atoms with Gasteiger partial charge < -0.3 is 19.4 Å². The van der Waals surface area contributed by atoms with Crippen molar-refractivity contribution >= 4 is 17.4 Å². The van der Waals surface area contributed by atoms with Crippen LogP contribution in [0.2, 0.25) is 5.15 Å². The molecule has 8 nitrogen and oxygen atoms in total. The minimum Gasteiger partial charge on any atom is -0.395 e. The standard InChI is InChI=1S/C12H6F2N2O2.C10H11ClN4/c13-12(14)17-10-3-1-2-8(11(10)18-12)9-6-16-5-7(9)4-15;1-8(14-7-12)15(2)6-9-3-4-10(11)13-5-9/h1-3,5-6,16H;3-5H,6H2,1-2H3/b;14-8+. The second-order valence-corrected chi connectivity index (χ2v) is 7.19. The Morgan fingerprint density at radius 2 is 2.00 bits per heavy atom. The van der Waals surface area contributed by atoms with Crippen molar-refractivity contribution in [1.29, 1.82) is 10.5 Å². The monoisotopic (exact) mass is 470 g/mol. The average Bonchev–Trinajstić information content (AvgIpc) is 3.38. The third kappa shape index (κ3) is 5.76. The zero-order valence-corrected chi connectivity index (χ0v) is 18.3. The predicted molar refractivity (Wildman–Crippen MR) is 117 cm³/mol. The van der Waals surface area contributed by atoms with Gasteiger partial charge in [0.25, 0.3) is 0 Å². The number of nitrogens with zero attached hydrogens (tertiary/aromatic N) is 5. The van der Waals surface area contributed by atoms with Gasteiger partial charge in [0.15, 0.2) is 11.5 Å². The van der Waals surface area contributed by atoms with E-state index in [-0.39, 0.29) is 11.5 Å². The van der Waals surface area contributed by atoms with Crippen molar-refractivity contribution in [2.45, 2.75) is 19.8 Å². The lowest BCUT2D eigenvalue weighted by molar-refractivity contribution is -0.286. The molecule has 1 N–H and O–H groups in total. The Morgan fingerprint density at radius 1 is 1.21 bits per heavy atom. The summed E-state index contributed by atoms with van der Waals surface area (Å²) >= 11 is 5.67. The number of ether oxygens (including phenoxy) is 2. The molecule has 1 aliphatic rings. The zero-order chi connectivity index (χ0) is 24.0. The Hall–Kier alpha value is -4.15. The van der Waals surface area contributed by atoms with E-state index in [0.717, 1.165) is 5.56 Å². The lowest BCUT2D eigenvalue weighted by atomic mass is 10.0. The molecule has 0 aliphatic carbocycles. The Morgan fingerprint density at radius 3 is 2.67 bits per heavy atom. The molecule has 11 heteroatoms. The van der Waals surface area contributed by atoms with Gasteiger partial charge in [0.05, 0.1) is 5.56 Å². The van der Waals surface area contributed by atoms with Gasteiger partial charge in [-0.3, -0.25) is 0 Å². The van der Waals surface area contributed by atoms with Gasteiger partial charge in [-0.2, -0.15) is 15.5 Å². The van der Waals surface area contributed by atoms with Crippen LogP contribution in [0.1, 0.15) is 18.1 Å². The maximum atomic E-state index is 13.0. The SMILES string of the molecule is C/C(=N\C#N)N(C)Cc1ccc(Cl)nc1.N#Cc1c[nH]cc1-c1cccc2c1OC(F)(F)O2. The number of pyridine rings is 1. The molecule has 3 aromatic rings. The molecule has 4 rings (SSSR count). The number of aromatic amines is 1. The van der Waals surface area contributed by atoms with Crippen molar-refractivity contribution in [2.24, 2.45) is 4.99 Å². The highest BCUT2D eigenvalue weighted by atomic mass is 35.5. The fourth-order valence-corrected chi connectivity index (χ4v) is 3.02. The number of alkyl halides is 2. The summed E-state index contributed by atoms with van der Waals surface area (Å²) < 4.78 is 34.9. The number of nitrogens with one attached hydrogen (secondary N) is 1. The van der Waals surface area contributed by atoms with E-state index in [2.05, 4.69) is 24.4 Å². The highest BCUT2D eigenvalue weighted by Crippen LogP contribution is 2.47. The van der Waals surface area contributed by atoms with Gasteiger partial charge in [0.1, 0.15) is 17.1 Å². The highest BCUT2D eigenvalue weighted by Gasteiger charge is 2.44. The topological polar surface area (TPSA) is 110 Å². The number of H-pyrrole nitrogens is 1. The minimum atomic E-state index is -3.67. The molecule has 0 radical (unpaired) electrons. The summed E-state index contributed by atoms with van der Waals surface area (Å²) in [5.74, 6) is 0.577. The second kappa shape index (κ2) is 9.98. The lowest BCUT2D eigenvalue weighted by Gasteiger charge is -2.17. The van der Waals surface area contributed by atoms with Gasteiger partial charge in [-0.05, 0) is 24.6 Å². The summed E-state index contributed by atoms with van der Waals surface area (Å²) in [6.45, 7) is 2.44. The van der Waals surface area contributed by atoms with Gasteiger partial charge in [-0.25, -0.2) is 4.98 Å². The van der Waals surface area contributed by atoms with Crippen LogP contribution >= 0.6 is 11.6 Å². The third-order valence-electron chi connectivity index (χ3n) is 4.56. The van der Waals surface area contributed by atoms with Crippen LogP contribution in [0.15, 0.2) is 53.9 Å². The average molecular weight is 471 g/mol. The number of nitriles is 2. The number of fused-ring (bicyclic) bond motifs is 1. The summed E-state index contributed by atoms with van der Waals surface area (Å²) in [7, 11) is 1.87. The number of rotatable bonds is 3. The van der Waals surface area contributed by atoms with E-state index in [1.54, 1.807) is 43.7 Å². The quantitative estimate of drug-likeness (QED) is 0.251. The van der Waals surface area contributed by atoms with Gasteiger partial charge in [-0.15, -0.1) is 8.78 Å². The second-order valence-electron chi connectivity index (χ2n) is 6.80. The smallest absolute Gasteiger partial charge is 0.395 e. The first kappa shape index (κ1) is 23.5. The highest BCUT2D eigenvalue weighted by molar-refractivity contribution is 6.29. The fraction of sp³-hybridized carbons (Fsp3) is 0.182. The molecule has 168 valence electrons. The van der Waals surface area contributed by atoms with Crippen LogP contribution in [-0.2, 0) is 6.54 Å². The van der Waals surface area contributed by atoms with E-state index in [9.17, 15) is 8.78 Å².